The third-order valence-corrected chi connectivity index (χ3v) is 11.0. The van der Waals surface area contributed by atoms with Gasteiger partial charge in [0.15, 0.2) is 23.0 Å². The third kappa shape index (κ3) is 6.99. The Hall–Kier alpha value is -6.80. The molecule has 0 aromatic heterocycles. The van der Waals surface area contributed by atoms with Crippen molar-refractivity contribution < 1.29 is 38.1 Å². The second-order valence-corrected chi connectivity index (χ2v) is 15.9. The molecule has 0 unspecified atom stereocenters. The molecule has 0 fully saturated rings. The van der Waals surface area contributed by atoms with Crippen LogP contribution in [0.25, 0.3) is 0 Å². The van der Waals surface area contributed by atoms with Crippen LogP contribution in [0.4, 0.5) is 0 Å². The van der Waals surface area contributed by atoms with Crippen molar-refractivity contribution in [2.24, 2.45) is 0 Å². The number of fused-ring (bicyclic) bond motifs is 4. The van der Waals surface area contributed by atoms with E-state index in [4.69, 9.17) is 18.9 Å². The number of rotatable bonds is 8. The molecule has 8 heteroatoms. The Bertz CT molecular complexity index is 2350. The summed E-state index contributed by atoms with van der Waals surface area (Å²) in [7, 11) is 0. The second kappa shape index (κ2) is 14.4. The summed E-state index contributed by atoms with van der Waals surface area (Å²) in [5.74, 6) is -1.96. The molecule has 2 aliphatic carbocycles. The first-order chi connectivity index (χ1) is 27.3. The minimum absolute atomic E-state index is 0.0966. The molecule has 0 radical (unpaired) electrons. The number of ether oxygens (including phenoxy) is 4. The van der Waals surface area contributed by atoms with Crippen molar-refractivity contribution in [2.75, 3.05) is 0 Å². The standard InChI is InChI=1S/C49H40O8/c1-47(2)29-49(37-27-41(56-45(52)33-21-13-7-14-22-33)39(25-35(37)47)54-43(50)31-17-9-5-10-18-31)30-48(3,4)36-26-40(55-44(51)32-19-11-6-12-20-32)42(28-38(36)49)57-46(53)34-23-15-8-16-24-34/h5-28H,29-30H2,1-4H3. The van der Waals surface area contributed by atoms with Gasteiger partial charge in [0.2, 0.25) is 0 Å². The van der Waals surface area contributed by atoms with Gasteiger partial charge in [-0.2, -0.15) is 0 Å². The molecule has 8 rings (SSSR count). The average molecular weight is 757 g/mol. The summed E-state index contributed by atoms with van der Waals surface area (Å²) in [4.78, 5) is 54.1. The summed E-state index contributed by atoms with van der Waals surface area (Å²) in [5.41, 5.74) is 3.41. The third-order valence-electron chi connectivity index (χ3n) is 11.0. The quantitative estimate of drug-likeness (QED) is 0.112. The van der Waals surface area contributed by atoms with E-state index in [1.54, 1.807) is 97.1 Å². The summed E-state index contributed by atoms with van der Waals surface area (Å²) in [6, 6.07) is 41.8. The zero-order valence-electron chi connectivity index (χ0n) is 32.0. The minimum Gasteiger partial charge on any atom is -0.419 e. The van der Waals surface area contributed by atoms with Crippen molar-refractivity contribution in [3.05, 3.63) is 190 Å². The summed E-state index contributed by atoms with van der Waals surface area (Å²) >= 11 is 0. The van der Waals surface area contributed by atoms with Crippen LogP contribution in [-0.4, -0.2) is 23.9 Å². The fraction of sp³-hybridized carbons (Fsp3) is 0.184. The van der Waals surface area contributed by atoms with Crippen molar-refractivity contribution in [1.29, 1.82) is 0 Å². The van der Waals surface area contributed by atoms with Crippen molar-refractivity contribution in [3.8, 4) is 23.0 Å². The van der Waals surface area contributed by atoms with Crippen molar-refractivity contribution in [2.45, 2.75) is 56.8 Å². The Labute approximate surface area is 331 Å². The fourth-order valence-corrected chi connectivity index (χ4v) is 8.57. The predicted molar refractivity (Wildman–Crippen MR) is 215 cm³/mol. The van der Waals surface area contributed by atoms with Gasteiger partial charge in [-0.15, -0.1) is 0 Å². The number of benzene rings is 6. The molecular weight excluding hydrogens is 717 g/mol. The average Bonchev–Trinajstić information content (AvgIpc) is 3.57. The summed E-state index contributed by atoms with van der Waals surface area (Å²) in [6.45, 7) is 8.54. The lowest BCUT2D eigenvalue weighted by atomic mass is 9.72. The van der Waals surface area contributed by atoms with Gasteiger partial charge in [0.25, 0.3) is 0 Å². The van der Waals surface area contributed by atoms with E-state index in [0.717, 1.165) is 22.3 Å². The van der Waals surface area contributed by atoms with Gasteiger partial charge in [0.1, 0.15) is 0 Å². The highest BCUT2D eigenvalue weighted by Gasteiger charge is 2.57. The molecule has 2 aliphatic rings. The number of hydrogen-bond donors (Lipinski definition) is 0. The Morgan fingerprint density at radius 1 is 0.368 bits per heavy atom. The van der Waals surface area contributed by atoms with E-state index >= 15 is 0 Å². The lowest BCUT2D eigenvalue weighted by Crippen LogP contribution is -2.27. The Kier molecular flexibility index (Phi) is 9.36. The van der Waals surface area contributed by atoms with Gasteiger partial charge in [0.05, 0.1) is 22.3 Å². The van der Waals surface area contributed by atoms with E-state index in [1.165, 1.54) is 0 Å². The normalized spacial score (nSPS) is 15.2. The van der Waals surface area contributed by atoms with Gasteiger partial charge >= 0.3 is 23.9 Å². The number of carbonyl (C=O) groups is 4. The highest BCUT2D eigenvalue weighted by Crippen LogP contribution is 2.65. The largest absolute Gasteiger partial charge is 0.419 e. The molecule has 0 atom stereocenters. The van der Waals surface area contributed by atoms with E-state index in [2.05, 4.69) is 27.7 Å². The van der Waals surface area contributed by atoms with E-state index in [1.807, 2.05) is 48.5 Å². The first-order valence-electron chi connectivity index (χ1n) is 18.8. The lowest BCUT2D eigenvalue weighted by Gasteiger charge is -2.30. The van der Waals surface area contributed by atoms with Gasteiger partial charge in [-0.05, 0) is 119 Å². The first-order valence-corrected chi connectivity index (χ1v) is 18.8. The lowest BCUT2D eigenvalue weighted by molar-refractivity contribution is 0.0682. The van der Waals surface area contributed by atoms with Gasteiger partial charge in [-0.25, -0.2) is 19.2 Å². The van der Waals surface area contributed by atoms with E-state index in [9.17, 15) is 19.2 Å². The number of carbonyl (C=O) groups excluding carboxylic acids is 4. The SMILES string of the molecule is CC1(C)CC2(CC(C)(C)c3cc(OC(=O)c4ccccc4)c(OC(=O)c4ccccc4)cc32)c2cc(OC(=O)c3ccccc3)c(OC(=O)c3ccccc3)cc21. The summed E-state index contributed by atoms with van der Waals surface area (Å²) < 4.78 is 24.2. The van der Waals surface area contributed by atoms with E-state index in [0.29, 0.717) is 35.1 Å². The maximum Gasteiger partial charge on any atom is 0.343 e. The van der Waals surface area contributed by atoms with E-state index < -0.39 is 40.1 Å². The smallest absolute Gasteiger partial charge is 0.343 e. The van der Waals surface area contributed by atoms with Crippen LogP contribution < -0.4 is 18.9 Å². The molecule has 284 valence electrons. The van der Waals surface area contributed by atoms with Crippen LogP contribution in [0.3, 0.4) is 0 Å². The van der Waals surface area contributed by atoms with Crippen LogP contribution in [0.15, 0.2) is 146 Å². The van der Waals surface area contributed by atoms with Crippen LogP contribution in [0, 0.1) is 0 Å². The Balaban J connectivity index is 1.28. The molecular formula is C49H40O8. The van der Waals surface area contributed by atoms with Gasteiger partial charge in [0, 0.05) is 5.41 Å². The monoisotopic (exact) mass is 756 g/mol. The topological polar surface area (TPSA) is 105 Å². The molecule has 57 heavy (non-hydrogen) atoms. The maximum atomic E-state index is 13.6. The van der Waals surface area contributed by atoms with Crippen LogP contribution >= 0.6 is 0 Å². The van der Waals surface area contributed by atoms with Crippen LogP contribution in [-0.2, 0) is 16.2 Å². The molecule has 8 nitrogen and oxygen atoms in total. The summed E-state index contributed by atoms with van der Waals surface area (Å²) in [5, 5.41) is 0. The molecule has 0 bridgehead atoms. The Morgan fingerprint density at radius 3 is 0.842 bits per heavy atom. The van der Waals surface area contributed by atoms with Crippen LogP contribution in [0.2, 0.25) is 0 Å². The molecule has 6 aromatic carbocycles. The molecule has 0 N–H and O–H groups in total. The maximum absolute atomic E-state index is 13.6. The molecule has 0 aliphatic heterocycles. The number of esters is 4. The van der Waals surface area contributed by atoms with Crippen molar-refractivity contribution >= 4 is 23.9 Å². The summed E-state index contributed by atoms with van der Waals surface area (Å²) in [6.07, 6.45) is 1.26. The first kappa shape index (κ1) is 37.1. The highest BCUT2D eigenvalue weighted by molar-refractivity contribution is 5.95. The molecule has 0 saturated carbocycles. The molecule has 6 aromatic rings. The van der Waals surface area contributed by atoms with Crippen LogP contribution in [0.5, 0.6) is 23.0 Å². The fourth-order valence-electron chi connectivity index (χ4n) is 8.57. The highest BCUT2D eigenvalue weighted by atomic mass is 16.6. The van der Waals surface area contributed by atoms with E-state index in [-0.39, 0.29) is 23.0 Å². The molecule has 0 saturated heterocycles. The zero-order valence-corrected chi connectivity index (χ0v) is 32.0. The Morgan fingerprint density at radius 2 is 0.596 bits per heavy atom. The zero-order chi connectivity index (χ0) is 40.0. The molecule has 0 heterocycles. The second-order valence-electron chi connectivity index (χ2n) is 15.9. The van der Waals surface area contributed by atoms with Gasteiger partial charge in [-0.3, -0.25) is 0 Å². The van der Waals surface area contributed by atoms with Gasteiger partial charge in [-0.1, -0.05) is 100 Å². The van der Waals surface area contributed by atoms with Crippen LogP contribution in [0.1, 0.15) is 104 Å². The van der Waals surface area contributed by atoms with Crippen molar-refractivity contribution in [3.63, 3.8) is 0 Å². The predicted octanol–water partition coefficient (Wildman–Crippen LogP) is 10.2. The van der Waals surface area contributed by atoms with Crippen molar-refractivity contribution in [1.82, 2.24) is 0 Å². The molecule has 1 spiro atoms. The van der Waals surface area contributed by atoms with Gasteiger partial charge < -0.3 is 18.9 Å². The minimum atomic E-state index is -0.677. The number of hydrogen-bond acceptors (Lipinski definition) is 8. The molecule has 0 amide bonds.